The SMILES string of the molecule is CCS(=O)(=O)N(C)CC(=O)Nc1cccc(C(F)(F)F)c1. The zero-order valence-electron chi connectivity index (χ0n) is 11.4. The van der Waals surface area contributed by atoms with Crippen molar-refractivity contribution >= 4 is 21.6 Å². The van der Waals surface area contributed by atoms with Gasteiger partial charge in [0.25, 0.3) is 0 Å². The Bertz CT molecular complexity index is 614. The molecular formula is C12H15F3N2O3S. The van der Waals surface area contributed by atoms with Crippen molar-refractivity contribution in [2.24, 2.45) is 0 Å². The van der Waals surface area contributed by atoms with Gasteiger partial charge in [-0.05, 0) is 25.1 Å². The lowest BCUT2D eigenvalue weighted by Gasteiger charge is -2.16. The van der Waals surface area contributed by atoms with Gasteiger partial charge in [-0.1, -0.05) is 6.07 Å². The molecule has 1 N–H and O–H groups in total. The van der Waals surface area contributed by atoms with Crippen LogP contribution in [0.4, 0.5) is 18.9 Å². The van der Waals surface area contributed by atoms with Crippen LogP contribution in [-0.2, 0) is 21.0 Å². The first-order chi connectivity index (χ1) is 9.56. The fourth-order valence-electron chi connectivity index (χ4n) is 1.49. The van der Waals surface area contributed by atoms with E-state index in [0.717, 1.165) is 22.5 Å². The summed E-state index contributed by atoms with van der Waals surface area (Å²) in [5, 5.41) is 2.24. The predicted octanol–water partition coefficient (Wildman–Crippen LogP) is 1.93. The Hall–Kier alpha value is -1.61. The van der Waals surface area contributed by atoms with Crippen molar-refractivity contribution in [3.05, 3.63) is 29.8 Å². The number of amides is 1. The molecule has 0 aliphatic rings. The Morgan fingerprint density at radius 1 is 1.33 bits per heavy atom. The molecule has 1 aromatic rings. The first-order valence-electron chi connectivity index (χ1n) is 5.97. The van der Waals surface area contributed by atoms with E-state index in [4.69, 9.17) is 0 Å². The number of likely N-dealkylation sites (N-methyl/N-ethyl adjacent to an activating group) is 1. The van der Waals surface area contributed by atoms with Crippen molar-refractivity contribution in [1.82, 2.24) is 4.31 Å². The van der Waals surface area contributed by atoms with Gasteiger partial charge < -0.3 is 5.32 Å². The van der Waals surface area contributed by atoms with Crippen LogP contribution in [0.3, 0.4) is 0 Å². The van der Waals surface area contributed by atoms with Gasteiger partial charge in [0.1, 0.15) is 0 Å². The van der Waals surface area contributed by atoms with Crippen LogP contribution in [0.15, 0.2) is 24.3 Å². The molecular weight excluding hydrogens is 309 g/mol. The molecule has 1 rings (SSSR count). The molecule has 0 atom stereocenters. The minimum Gasteiger partial charge on any atom is -0.325 e. The standard InChI is InChI=1S/C12H15F3N2O3S/c1-3-21(19,20)17(2)8-11(18)16-10-6-4-5-9(7-10)12(13,14)15/h4-7H,3,8H2,1-2H3,(H,16,18). The number of hydrogen-bond donors (Lipinski definition) is 1. The molecule has 5 nitrogen and oxygen atoms in total. The van der Waals surface area contributed by atoms with Crippen LogP contribution in [0.1, 0.15) is 12.5 Å². The minimum atomic E-state index is -4.51. The van der Waals surface area contributed by atoms with E-state index >= 15 is 0 Å². The summed E-state index contributed by atoms with van der Waals surface area (Å²) >= 11 is 0. The largest absolute Gasteiger partial charge is 0.416 e. The van der Waals surface area contributed by atoms with E-state index in [1.54, 1.807) is 0 Å². The fraction of sp³-hybridized carbons (Fsp3) is 0.417. The third-order valence-corrected chi connectivity index (χ3v) is 4.49. The fourth-order valence-corrected chi connectivity index (χ4v) is 2.25. The Morgan fingerprint density at radius 3 is 2.48 bits per heavy atom. The summed E-state index contributed by atoms with van der Waals surface area (Å²) in [5.74, 6) is -0.880. The Balaban J connectivity index is 2.76. The first kappa shape index (κ1) is 17.4. The van der Waals surface area contributed by atoms with Gasteiger partial charge in [-0.3, -0.25) is 4.79 Å². The maximum Gasteiger partial charge on any atom is 0.416 e. The van der Waals surface area contributed by atoms with Gasteiger partial charge in [-0.2, -0.15) is 17.5 Å². The highest BCUT2D eigenvalue weighted by Crippen LogP contribution is 2.30. The summed E-state index contributed by atoms with van der Waals surface area (Å²) in [6, 6.07) is 4.11. The number of hydrogen-bond acceptors (Lipinski definition) is 3. The predicted molar refractivity (Wildman–Crippen MR) is 72.2 cm³/mol. The van der Waals surface area contributed by atoms with Gasteiger partial charge in [0.15, 0.2) is 0 Å². The smallest absolute Gasteiger partial charge is 0.325 e. The van der Waals surface area contributed by atoms with Crippen LogP contribution < -0.4 is 5.32 Å². The molecule has 0 saturated carbocycles. The number of nitrogens with one attached hydrogen (secondary N) is 1. The molecule has 0 heterocycles. The average Bonchev–Trinajstić information content (AvgIpc) is 2.37. The summed E-state index contributed by atoms with van der Waals surface area (Å²) in [4.78, 5) is 11.6. The number of halogens is 3. The van der Waals surface area contributed by atoms with Crippen LogP contribution in [0, 0.1) is 0 Å². The number of alkyl halides is 3. The van der Waals surface area contributed by atoms with Gasteiger partial charge in [-0.15, -0.1) is 0 Å². The summed E-state index contributed by atoms with van der Waals surface area (Å²) in [7, 11) is -2.30. The van der Waals surface area contributed by atoms with E-state index in [0.29, 0.717) is 0 Å². The van der Waals surface area contributed by atoms with E-state index in [1.807, 2.05) is 0 Å². The normalized spacial score (nSPS) is 12.5. The average molecular weight is 324 g/mol. The second-order valence-corrected chi connectivity index (χ2v) is 6.65. The van der Waals surface area contributed by atoms with Gasteiger partial charge in [0.2, 0.25) is 15.9 Å². The van der Waals surface area contributed by atoms with Crippen molar-refractivity contribution in [1.29, 1.82) is 0 Å². The van der Waals surface area contributed by atoms with Crippen LogP contribution in [0.5, 0.6) is 0 Å². The van der Waals surface area contributed by atoms with E-state index in [2.05, 4.69) is 5.32 Å². The van der Waals surface area contributed by atoms with Gasteiger partial charge in [-0.25, -0.2) is 8.42 Å². The topological polar surface area (TPSA) is 66.5 Å². The van der Waals surface area contributed by atoms with Crippen molar-refractivity contribution in [3.8, 4) is 0 Å². The lowest BCUT2D eigenvalue weighted by molar-refractivity contribution is -0.137. The molecule has 0 spiro atoms. The molecule has 0 saturated heterocycles. The Kier molecular flexibility index (Phi) is 5.35. The summed E-state index contributed by atoms with van der Waals surface area (Å²) in [6.07, 6.45) is -4.51. The highest BCUT2D eigenvalue weighted by atomic mass is 32.2. The molecule has 118 valence electrons. The van der Waals surface area contributed by atoms with Gasteiger partial charge in [0.05, 0.1) is 17.9 Å². The molecule has 0 aliphatic heterocycles. The second-order valence-electron chi connectivity index (χ2n) is 4.28. The number of sulfonamides is 1. The molecule has 0 aromatic heterocycles. The van der Waals surface area contributed by atoms with Gasteiger partial charge >= 0.3 is 6.18 Å². The molecule has 0 unspecified atom stereocenters. The maximum atomic E-state index is 12.5. The Morgan fingerprint density at radius 2 is 1.95 bits per heavy atom. The third kappa shape index (κ3) is 5.01. The monoisotopic (exact) mass is 324 g/mol. The maximum absolute atomic E-state index is 12.5. The van der Waals surface area contributed by atoms with E-state index in [-0.39, 0.29) is 11.4 Å². The summed E-state index contributed by atoms with van der Waals surface area (Å²) < 4.78 is 61.3. The third-order valence-electron chi connectivity index (χ3n) is 2.68. The molecule has 1 aromatic carbocycles. The summed E-state index contributed by atoms with van der Waals surface area (Å²) in [6.45, 7) is 0.961. The lowest BCUT2D eigenvalue weighted by atomic mass is 10.2. The highest BCUT2D eigenvalue weighted by Gasteiger charge is 2.30. The molecule has 0 bridgehead atoms. The molecule has 0 aliphatic carbocycles. The number of anilines is 1. The number of nitrogens with zero attached hydrogens (tertiary/aromatic N) is 1. The quantitative estimate of drug-likeness (QED) is 0.900. The van der Waals surface area contributed by atoms with Crippen molar-refractivity contribution < 1.29 is 26.4 Å². The molecule has 21 heavy (non-hydrogen) atoms. The zero-order valence-corrected chi connectivity index (χ0v) is 12.3. The highest BCUT2D eigenvalue weighted by molar-refractivity contribution is 7.89. The van der Waals surface area contributed by atoms with Crippen molar-refractivity contribution in [2.75, 3.05) is 24.7 Å². The Labute approximate surface area is 120 Å². The van der Waals surface area contributed by atoms with E-state index in [9.17, 15) is 26.4 Å². The second kappa shape index (κ2) is 6.44. The van der Waals surface area contributed by atoms with Crippen LogP contribution in [0.2, 0.25) is 0 Å². The molecule has 1 amide bonds. The van der Waals surface area contributed by atoms with Crippen LogP contribution in [-0.4, -0.2) is 38.0 Å². The number of carbonyl (C=O) groups excluding carboxylic acids is 1. The minimum absolute atomic E-state index is 0.0443. The van der Waals surface area contributed by atoms with Crippen molar-refractivity contribution in [3.63, 3.8) is 0 Å². The lowest BCUT2D eigenvalue weighted by Crippen LogP contribution is -2.35. The molecule has 0 fully saturated rings. The van der Waals surface area contributed by atoms with Crippen LogP contribution >= 0.6 is 0 Å². The zero-order chi connectivity index (χ0) is 16.3. The van der Waals surface area contributed by atoms with Crippen LogP contribution in [0.25, 0.3) is 0 Å². The van der Waals surface area contributed by atoms with Gasteiger partial charge in [0, 0.05) is 12.7 Å². The van der Waals surface area contributed by atoms with E-state index < -0.39 is 34.2 Å². The van der Waals surface area contributed by atoms with Crippen molar-refractivity contribution in [2.45, 2.75) is 13.1 Å². The summed E-state index contributed by atoms with van der Waals surface area (Å²) in [5.41, 5.74) is -0.938. The molecule has 9 heteroatoms. The van der Waals surface area contributed by atoms with E-state index in [1.165, 1.54) is 20.0 Å². The number of carbonyl (C=O) groups is 1. The first-order valence-corrected chi connectivity index (χ1v) is 7.58. The number of rotatable bonds is 5. The molecule has 0 radical (unpaired) electrons. The number of benzene rings is 1.